The van der Waals surface area contributed by atoms with Gasteiger partial charge in [-0.15, -0.1) is 6.42 Å². The topological polar surface area (TPSA) is 87.9 Å². The summed E-state index contributed by atoms with van der Waals surface area (Å²) in [5.41, 5.74) is -3.11. The maximum Gasteiger partial charge on any atom is 0.437 e. The highest BCUT2D eigenvalue weighted by Gasteiger charge is 2.38. The number of rotatable bonds is 12. The van der Waals surface area contributed by atoms with Crippen LogP contribution in [0.1, 0.15) is 17.5 Å². The molecular weight excluding hydrogens is 546 g/mol. The van der Waals surface area contributed by atoms with Gasteiger partial charge in [-0.2, -0.15) is 26.3 Å². The summed E-state index contributed by atoms with van der Waals surface area (Å²) >= 11 is -0.125. The number of carbonyl (C=O) groups is 1. The number of terminal acetylenes is 1. The van der Waals surface area contributed by atoms with Crippen LogP contribution in [0.15, 0.2) is 58.8 Å². The minimum absolute atomic E-state index is 0.125. The zero-order chi connectivity index (χ0) is 28.2. The minimum atomic E-state index is -4.88. The summed E-state index contributed by atoms with van der Waals surface area (Å²) < 4.78 is 98.2. The molecule has 0 radical (unpaired) electrons. The number of nitrogens with zero attached hydrogens (tertiary/aromatic N) is 2. The third-order valence-electron chi connectivity index (χ3n) is 4.19. The lowest BCUT2D eigenvalue weighted by molar-refractivity contribution is -0.127. The van der Waals surface area contributed by atoms with Gasteiger partial charge in [-0.25, -0.2) is 4.79 Å². The lowest BCUT2D eigenvalue weighted by atomic mass is 10.1. The number of oxime groups is 2. The molecule has 0 saturated carbocycles. The molecule has 15 heteroatoms. The van der Waals surface area contributed by atoms with Gasteiger partial charge in [0.2, 0.25) is 0 Å². The molecule has 0 aliphatic heterocycles. The minimum Gasteiger partial charge on any atom is -0.493 e. The first kappa shape index (κ1) is 30.2. The van der Waals surface area contributed by atoms with Crippen molar-refractivity contribution in [2.24, 2.45) is 10.3 Å². The normalized spacial score (nSPS) is 12.4. The van der Waals surface area contributed by atoms with Crippen LogP contribution in [-0.4, -0.2) is 50.1 Å². The average Bonchev–Trinajstić information content (AvgIpc) is 2.86. The van der Waals surface area contributed by atoms with Crippen molar-refractivity contribution >= 4 is 29.7 Å². The van der Waals surface area contributed by atoms with E-state index in [4.69, 9.17) is 15.9 Å². The lowest BCUT2D eigenvalue weighted by Gasteiger charge is -2.12. The number of hydrogen-bond donors (Lipinski definition) is 0. The third-order valence-corrected chi connectivity index (χ3v) is 4.54. The molecule has 0 bridgehead atoms. The van der Waals surface area contributed by atoms with E-state index in [-0.39, 0.29) is 42.4 Å². The Morgan fingerprint density at radius 1 is 0.842 bits per heavy atom. The fourth-order valence-electron chi connectivity index (χ4n) is 2.61. The predicted octanol–water partition coefficient (Wildman–Crippen LogP) is 5.47. The van der Waals surface area contributed by atoms with E-state index in [1.54, 1.807) is 5.92 Å². The van der Waals surface area contributed by atoms with Gasteiger partial charge in [0, 0.05) is 23.5 Å². The smallest absolute Gasteiger partial charge is 0.437 e. The fourth-order valence-corrected chi connectivity index (χ4v) is 2.85. The maximum absolute atomic E-state index is 13.3. The second-order valence-electron chi connectivity index (χ2n) is 6.81. The Bertz CT molecular complexity index is 1160. The molecule has 0 heterocycles. The number of carbonyl (C=O) groups excluding carboxylic acids is 1. The standard InChI is InChI=1S/C23H18F6N2O6S/c1-3-19(32)36-38-37-31-21(23(27,28)29)16-7-11-18(12-8-16)35-14-4-13-34-17-9-5-15(6-10-17)20(30-33-2)22(24,25)26/h1,5-12H,4,13-14H2,2H3. The second kappa shape index (κ2) is 14.0. The Labute approximate surface area is 216 Å². The van der Waals surface area contributed by atoms with Crippen LogP contribution in [0.5, 0.6) is 11.5 Å². The van der Waals surface area contributed by atoms with Crippen molar-refractivity contribution in [3.05, 3.63) is 59.7 Å². The number of halogens is 6. The molecule has 0 saturated heterocycles. The number of alkyl halides is 6. The highest BCUT2D eigenvalue weighted by Crippen LogP contribution is 2.26. The van der Waals surface area contributed by atoms with Crippen LogP contribution in [-0.2, 0) is 18.1 Å². The van der Waals surface area contributed by atoms with E-state index in [1.165, 1.54) is 36.4 Å². The lowest BCUT2D eigenvalue weighted by Crippen LogP contribution is -2.24. The number of ether oxygens (including phenoxy) is 2. The zero-order valence-corrected chi connectivity index (χ0v) is 20.2. The molecule has 0 aromatic heterocycles. The van der Waals surface area contributed by atoms with Gasteiger partial charge in [0.15, 0.2) is 11.4 Å². The largest absolute Gasteiger partial charge is 0.493 e. The van der Waals surface area contributed by atoms with Crippen molar-refractivity contribution in [2.45, 2.75) is 18.8 Å². The SMILES string of the molecule is C#CC(=O)OSON=C(c1ccc(OCCCOc2ccc(C(=NOC)C(F)(F)F)cc2)cc1)C(F)(F)F. The summed E-state index contributed by atoms with van der Waals surface area (Å²) in [6.45, 7) is 0.288. The Hall–Kier alpha value is -4.06. The van der Waals surface area contributed by atoms with Gasteiger partial charge in [-0.3, -0.25) is 4.28 Å². The summed E-state index contributed by atoms with van der Waals surface area (Å²) in [6.07, 6.45) is -4.47. The molecule has 0 unspecified atom stereocenters. The molecule has 2 aromatic rings. The molecule has 38 heavy (non-hydrogen) atoms. The maximum atomic E-state index is 13.3. The van der Waals surface area contributed by atoms with E-state index in [2.05, 4.69) is 23.6 Å². The quantitative estimate of drug-likeness (QED) is 0.0844. The molecule has 2 rings (SSSR count). The van der Waals surface area contributed by atoms with Crippen molar-refractivity contribution in [2.75, 3.05) is 20.3 Å². The summed E-state index contributed by atoms with van der Waals surface area (Å²) in [4.78, 5) is 15.0. The Morgan fingerprint density at radius 3 is 1.68 bits per heavy atom. The van der Waals surface area contributed by atoms with Crippen LogP contribution in [0.4, 0.5) is 26.3 Å². The summed E-state index contributed by atoms with van der Waals surface area (Å²) in [7, 11) is 1.01. The van der Waals surface area contributed by atoms with Crippen LogP contribution in [0.3, 0.4) is 0 Å². The third kappa shape index (κ3) is 9.77. The molecule has 0 spiro atoms. The number of hydrogen-bond acceptors (Lipinski definition) is 9. The molecule has 0 aliphatic carbocycles. The average molecular weight is 564 g/mol. The van der Waals surface area contributed by atoms with Gasteiger partial charge < -0.3 is 18.5 Å². The molecule has 0 fully saturated rings. The molecule has 8 nitrogen and oxygen atoms in total. The Morgan fingerprint density at radius 2 is 1.29 bits per heavy atom. The second-order valence-corrected chi connectivity index (χ2v) is 7.27. The van der Waals surface area contributed by atoms with Crippen LogP contribution in [0, 0.1) is 12.3 Å². The molecule has 0 aliphatic rings. The van der Waals surface area contributed by atoms with Crippen molar-refractivity contribution in [1.29, 1.82) is 0 Å². The van der Waals surface area contributed by atoms with Crippen molar-refractivity contribution in [3.8, 4) is 23.8 Å². The van der Waals surface area contributed by atoms with Gasteiger partial charge >= 0.3 is 30.6 Å². The van der Waals surface area contributed by atoms with E-state index in [1.807, 2.05) is 0 Å². The van der Waals surface area contributed by atoms with Crippen molar-refractivity contribution in [1.82, 2.24) is 0 Å². The van der Waals surface area contributed by atoms with E-state index in [0.717, 1.165) is 19.2 Å². The van der Waals surface area contributed by atoms with Crippen LogP contribution in [0.25, 0.3) is 0 Å². The summed E-state index contributed by atoms with van der Waals surface area (Å²) in [6, 6.07) is 9.81. The van der Waals surface area contributed by atoms with Crippen LogP contribution >= 0.6 is 12.3 Å². The van der Waals surface area contributed by atoms with Crippen LogP contribution < -0.4 is 9.47 Å². The van der Waals surface area contributed by atoms with E-state index in [0.29, 0.717) is 12.2 Å². The summed E-state index contributed by atoms with van der Waals surface area (Å²) in [5.74, 6) is 0.985. The van der Waals surface area contributed by atoms with Crippen molar-refractivity contribution < 1.29 is 53.9 Å². The van der Waals surface area contributed by atoms with E-state index < -0.39 is 29.7 Å². The zero-order valence-electron chi connectivity index (χ0n) is 19.3. The van der Waals surface area contributed by atoms with E-state index >= 15 is 0 Å². The molecule has 0 N–H and O–H groups in total. The van der Waals surface area contributed by atoms with Gasteiger partial charge in [-0.1, -0.05) is 10.3 Å². The summed E-state index contributed by atoms with van der Waals surface area (Å²) in [5, 5.41) is 5.94. The van der Waals surface area contributed by atoms with Gasteiger partial charge in [0.05, 0.1) is 13.2 Å². The fraction of sp³-hybridized carbons (Fsp3) is 0.261. The molecular formula is C23H18F6N2O6S. The molecule has 2 aromatic carbocycles. The highest BCUT2D eigenvalue weighted by atomic mass is 32.2. The highest BCUT2D eigenvalue weighted by molar-refractivity contribution is 7.90. The first-order valence-electron chi connectivity index (χ1n) is 10.3. The first-order valence-corrected chi connectivity index (χ1v) is 10.9. The van der Waals surface area contributed by atoms with E-state index in [9.17, 15) is 31.1 Å². The molecule has 204 valence electrons. The molecule has 0 atom stereocenters. The number of benzene rings is 2. The van der Waals surface area contributed by atoms with Gasteiger partial charge in [-0.05, 0) is 48.5 Å². The molecule has 0 amide bonds. The predicted molar refractivity (Wildman–Crippen MR) is 124 cm³/mol. The first-order chi connectivity index (χ1) is 18.0. The Kier molecular flexibility index (Phi) is 11.1. The van der Waals surface area contributed by atoms with Gasteiger partial charge in [0.25, 0.3) is 0 Å². The monoisotopic (exact) mass is 564 g/mol. The van der Waals surface area contributed by atoms with Gasteiger partial charge in [0.1, 0.15) is 18.6 Å². The van der Waals surface area contributed by atoms with Crippen molar-refractivity contribution in [3.63, 3.8) is 0 Å². The Balaban J connectivity index is 1.85. The van der Waals surface area contributed by atoms with Crippen LogP contribution in [0.2, 0.25) is 0 Å².